The maximum absolute atomic E-state index is 13.9. The van der Waals surface area contributed by atoms with E-state index < -0.39 is 53.9 Å². The minimum atomic E-state index is -5.31. The average Bonchev–Trinajstić information content (AvgIpc) is 3.32. The second-order valence-electron chi connectivity index (χ2n) is 12.2. The summed E-state index contributed by atoms with van der Waals surface area (Å²) in [4.78, 5) is 40.9. The summed E-state index contributed by atoms with van der Waals surface area (Å²) in [5, 5.41) is 4.31. The molecule has 0 aliphatic carbocycles. The van der Waals surface area contributed by atoms with Gasteiger partial charge in [0.15, 0.2) is 0 Å². The van der Waals surface area contributed by atoms with Crippen molar-refractivity contribution in [3.05, 3.63) is 88.5 Å². The van der Waals surface area contributed by atoms with E-state index in [0.29, 0.717) is 32.2 Å². The lowest BCUT2D eigenvalue weighted by atomic mass is 10.0. The molecule has 268 valence electrons. The van der Waals surface area contributed by atoms with Gasteiger partial charge in [-0.3, -0.25) is 14.4 Å². The molecule has 0 radical (unpaired) electrons. The Morgan fingerprint density at radius 1 is 0.860 bits per heavy atom. The summed E-state index contributed by atoms with van der Waals surface area (Å²) in [6, 6.07) is 11.0. The van der Waals surface area contributed by atoms with Crippen LogP contribution in [0.25, 0.3) is 0 Å². The van der Waals surface area contributed by atoms with E-state index in [1.165, 1.54) is 49.2 Å². The molecule has 1 saturated heterocycles. The third kappa shape index (κ3) is 7.77. The fourth-order valence-electron chi connectivity index (χ4n) is 6.05. The molecule has 9 nitrogen and oxygen atoms in total. The molecule has 3 amide bonds. The lowest BCUT2D eigenvalue weighted by molar-refractivity contribution is -0.185. The quantitative estimate of drug-likeness (QED) is 0.303. The number of carbonyl (C=O) groups excluding carboxylic acids is 3. The number of fused-ring (bicyclic) bond motifs is 1. The highest BCUT2D eigenvalue weighted by molar-refractivity contribution is 6.07. The number of amides is 3. The van der Waals surface area contributed by atoms with Crippen molar-refractivity contribution in [2.75, 3.05) is 48.5 Å². The molecule has 50 heavy (non-hydrogen) atoms. The molecule has 0 saturated carbocycles. The second kappa shape index (κ2) is 13.8. The number of hydrogen-bond donors (Lipinski definition) is 2. The molecule has 17 heteroatoms. The van der Waals surface area contributed by atoms with Crippen LogP contribution < -0.4 is 20.5 Å². The number of rotatable bonds is 7. The van der Waals surface area contributed by atoms with E-state index in [2.05, 4.69) is 10.7 Å². The van der Waals surface area contributed by atoms with Crippen LogP contribution in [0.3, 0.4) is 0 Å². The van der Waals surface area contributed by atoms with Crippen molar-refractivity contribution in [2.24, 2.45) is 0 Å². The highest BCUT2D eigenvalue weighted by atomic mass is 19.4. The first kappa shape index (κ1) is 36.4. The third-order valence-corrected chi connectivity index (χ3v) is 8.33. The van der Waals surface area contributed by atoms with Gasteiger partial charge in [-0.2, -0.15) is 31.4 Å². The number of benzene rings is 3. The van der Waals surface area contributed by atoms with E-state index >= 15 is 0 Å². The molecule has 2 heterocycles. The van der Waals surface area contributed by atoms with Crippen molar-refractivity contribution >= 4 is 34.8 Å². The largest absolute Gasteiger partial charge is 0.471 e. The Labute approximate surface area is 281 Å². The smallest absolute Gasteiger partial charge is 0.368 e. The number of nitrogens with one attached hydrogen (secondary N) is 2. The van der Waals surface area contributed by atoms with Crippen molar-refractivity contribution in [1.29, 1.82) is 0 Å². The molecular weight excluding hydrogens is 680 g/mol. The number of anilines is 3. The van der Waals surface area contributed by atoms with E-state index in [1.54, 1.807) is 30.1 Å². The van der Waals surface area contributed by atoms with Crippen LogP contribution in [0.2, 0.25) is 0 Å². The molecule has 0 spiro atoms. The van der Waals surface area contributed by atoms with Crippen molar-refractivity contribution in [2.45, 2.75) is 44.8 Å². The van der Waals surface area contributed by atoms with Gasteiger partial charge in [0.1, 0.15) is 17.8 Å². The standard InChI is InChI=1S/C33H32F8N6O3/c1-18(2)47(31(50)33(39,40)41)27-17-23(45-8-10-46(11-9-45)30(49)32(36,37)38)5-6-24(27)29(48)42-28-25-15-19(4-7-26(25)43-44(28)3)12-20-13-21(34)16-22(35)14-20/h4-7,13-18,28,43H,8-12H2,1-3H3,(H,42,48). The van der Waals surface area contributed by atoms with Crippen molar-refractivity contribution in [3.63, 3.8) is 0 Å². The number of hydrogen-bond acceptors (Lipinski definition) is 6. The Balaban J connectivity index is 1.45. The Morgan fingerprint density at radius 3 is 2.08 bits per heavy atom. The molecule has 5 rings (SSSR count). The summed E-state index contributed by atoms with van der Waals surface area (Å²) < 4.78 is 108. The minimum absolute atomic E-state index is 0.0956. The molecular formula is C33H32F8N6O3. The van der Waals surface area contributed by atoms with E-state index in [4.69, 9.17) is 0 Å². The van der Waals surface area contributed by atoms with Gasteiger partial charge >= 0.3 is 24.2 Å². The first-order valence-electron chi connectivity index (χ1n) is 15.4. The minimum Gasteiger partial charge on any atom is -0.368 e. The van der Waals surface area contributed by atoms with Crippen LogP contribution >= 0.6 is 0 Å². The predicted octanol–water partition coefficient (Wildman–Crippen LogP) is 5.77. The summed E-state index contributed by atoms with van der Waals surface area (Å²) in [5.41, 5.74) is 4.75. The Kier molecular flexibility index (Phi) is 10.0. The monoisotopic (exact) mass is 712 g/mol. The van der Waals surface area contributed by atoms with E-state index in [1.807, 2.05) is 0 Å². The summed E-state index contributed by atoms with van der Waals surface area (Å²) in [7, 11) is 1.60. The van der Waals surface area contributed by atoms with Gasteiger partial charge in [-0.15, -0.1) is 0 Å². The summed E-state index contributed by atoms with van der Waals surface area (Å²) in [6.07, 6.45) is -11.1. The lowest BCUT2D eigenvalue weighted by Crippen LogP contribution is -2.52. The fourth-order valence-corrected chi connectivity index (χ4v) is 6.05. The van der Waals surface area contributed by atoms with Gasteiger partial charge in [0, 0.05) is 56.6 Å². The highest BCUT2D eigenvalue weighted by Gasteiger charge is 2.46. The first-order valence-corrected chi connectivity index (χ1v) is 15.4. The van der Waals surface area contributed by atoms with Crippen LogP contribution in [0.1, 0.15) is 47.1 Å². The maximum atomic E-state index is 13.9. The topological polar surface area (TPSA) is 88.2 Å². The van der Waals surface area contributed by atoms with Gasteiger partial charge in [-0.1, -0.05) is 6.07 Å². The van der Waals surface area contributed by atoms with E-state index in [0.717, 1.165) is 6.07 Å². The van der Waals surface area contributed by atoms with Crippen LogP contribution in [0.4, 0.5) is 52.2 Å². The zero-order valence-electron chi connectivity index (χ0n) is 26.9. The van der Waals surface area contributed by atoms with Gasteiger partial charge in [0.25, 0.3) is 5.91 Å². The van der Waals surface area contributed by atoms with Crippen LogP contribution in [0.15, 0.2) is 54.6 Å². The molecule has 0 bridgehead atoms. The van der Waals surface area contributed by atoms with Gasteiger partial charge in [0.05, 0.1) is 16.9 Å². The SMILES string of the molecule is CC(C)N(C(=O)C(F)(F)F)c1cc(N2CCN(C(=O)C(F)(F)F)CC2)ccc1C(=O)NC1c2cc(Cc3cc(F)cc(F)c3)ccc2NN1C. The summed E-state index contributed by atoms with van der Waals surface area (Å²) in [5.74, 6) is -6.57. The summed E-state index contributed by atoms with van der Waals surface area (Å²) >= 11 is 0. The maximum Gasteiger partial charge on any atom is 0.471 e. The number of carbonyl (C=O) groups is 3. The highest BCUT2D eigenvalue weighted by Crippen LogP contribution is 2.36. The Hall–Kier alpha value is -4.93. The number of hydrazine groups is 1. The zero-order chi connectivity index (χ0) is 36.7. The van der Waals surface area contributed by atoms with Crippen molar-refractivity contribution in [3.8, 4) is 0 Å². The molecule has 1 unspecified atom stereocenters. The molecule has 1 atom stereocenters. The van der Waals surface area contributed by atoms with Crippen LogP contribution in [-0.4, -0.2) is 79.3 Å². The molecule has 2 aliphatic heterocycles. The van der Waals surface area contributed by atoms with Crippen LogP contribution in [0, 0.1) is 11.6 Å². The summed E-state index contributed by atoms with van der Waals surface area (Å²) in [6.45, 7) is 1.83. The molecule has 3 aromatic rings. The molecule has 3 aromatic carbocycles. The van der Waals surface area contributed by atoms with E-state index in [-0.39, 0.29) is 49.5 Å². The predicted molar refractivity (Wildman–Crippen MR) is 167 cm³/mol. The van der Waals surface area contributed by atoms with Crippen LogP contribution in [-0.2, 0) is 16.0 Å². The Morgan fingerprint density at radius 2 is 1.50 bits per heavy atom. The zero-order valence-corrected chi connectivity index (χ0v) is 26.9. The lowest BCUT2D eigenvalue weighted by Gasteiger charge is -2.37. The number of nitrogens with zero attached hydrogens (tertiary/aromatic N) is 4. The molecule has 1 fully saturated rings. The second-order valence-corrected chi connectivity index (χ2v) is 12.2. The average molecular weight is 713 g/mol. The number of piperazine rings is 1. The normalized spacial score (nSPS) is 16.7. The van der Waals surface area contributed by atoms with Gasteiger partial charge in [-0.05, 0) is 73.9 Å². The Bertz CT molecular complexity index is 1770. The van der Waals surface area contributed by atoms with Crippen LogP contribution in [0.5, 0.6) is 0 Å². The molecule has 2 aliphatic rings. The van der Waals surface area contributed by atoms with Crippen molar-refractivity contribution < 1.29 is 49.5 Å². The van der Waals surface area contributed by atoms with Crippen molar-refractivity contribution in [1.82, 2.24) is 15.2 Å². The third-order valence-electron chi connectivity index (χ3n) is 8.33. The molecule has 2 N–H and O–H groups in total. The molecule has 0 aromatic heterocycles. The van der Waals surface area contributed by atoms with Gasteiger partial charge in [-0.25, -0.2) is 8.78 Å². The fraction of sp³-hybridized carbons (Fsp3) is 0.364. The van der Waals surface area contributed by atoms with Gasteiger partial charge < -0.3 is 25.4 Å². The first-order chi connectivity index (χ1) is 23.3. The van der Waals surface area contributed by atoms with E-state index in [9.17, 15) is 49.5 Å². The number of alkyl halides is 6. The number of halogens is 8. The van der Waals surface area contributed by atoms with Gasteiger partial charge in [0.2, 0.25) is 0 Å².